The minimum atomic E-state index is 0. The zero-order chi connectivity index (χ0) is 63.8. The van der Waals surface area contributed by atoms with E-state index in [-0.39, 0.29) is 46.5 Å². The molecule has 0 N–H and O–H groups in total. The molecule has 4 aromatic rings. The van der Waals surface area contributed by atoms with Crippen molar-refractivity contribution < 1.29 is 73.3 Å². The van der Waals surface area contributed by atoms with Crippen LogP contribution in [-0.4, -0.2) is 6.41 Å². The normalized spacial score (nSPS) is 19.2. The second-order valence-corrected chi connectivity index (χ2v) is 35.1. The Labute approximate surface area is 596 Å². The van der Waals surface area contributed by atoms with E-state index >= 15 is 0 Å². The van der Waals surface area contributed by atoms with Crippen molar-refractivity contribution in [1.29, 1.82) is 0 Å². The number of benzene rings is 4. The SMILES string of the molecule is CC(C)(C)c1[c-]c2c(cc1)-c1ccc(C(C)(C)C)cc1C2.CC(C)(C)c1[c-]c2c(cc1)-c1ccc(C(C)(C)C)cc1C2.CC([C](=[Zr+2])C(C)C1CCCCC1)C1CCCCC1.CC([C](=[Zr+2])C(C)C1CCCCC1)C1CCCCC1.[C-]1=CC=CC1.[C-]1=CC=CC1.[Cl-].[Cl-]. The van der Waals surface area contributed by atoms with E-state index < -0.39 is 0 Å². The first-order valence-corrected chi connectivity index (χ1v) is 38.2. The van der Waals surface area contributed by atoms with Crippen molar-refractivity contribution in [3.63, 3.8) is 0 Å². The van der Waals surface area contributed by atoms with Crippen molar-refractivity contribution >= 4 is 6.41 Å². The zero-order valence-electron chi connectivity index (χ0n) is 59.6. The molecule has 0 nitrogen and oxygen atoms in total. The van der Waals surface area contributed by atoms with Gasteiger partial charge in [0.2, 0.25) is 0 Å². The van der Waals surface area contributed by atoms with E-state index in [0.29, 0.717) is 0 Å². The van der Waals surface area contributed by atoms with Crippen molar-refractivity contribution in [1.82, 2.24) is 0 Å². The summed E-state index contributed by atoms with van der Waals surface area (Å²) >= 11 is 3.48. The third-order valence-electron chi connectivity index (χ3n) is 21.5. The molecule has 4 fully saturated rings. The Kier molecular flexibility index (Phi) is 32.2. The van der Waals surface area contributed by atoms with Crippen LogP contribution in [0.1, 0.15) is 297 Å². The number of rotatable bonds is 8. The van der Waals surface area contributed by atoms with Gasteiger partial charge in [-0.15, -0.1) is 35.1 Å². The second kappa shape index (κ2) is 36.9. The first-order valence-electron chi connectivity index (χ1n) is 35.7. The Hall–Kier alpha value is -2.07. The molecule has 0 heterocycles. The monoisotopic (exact) mass is 1400 g/mol. The van der Waals surface area contributed by atoms with Gasteiger partial charge in [-0.25, -0.2) is 24.3 Å². The van der Waals surface area contributed by atoms with Gasteiger partial charge >= 0.3 is 258 Å². The van der Waals surface area contributed by atoms with Gasteiger partial charge in [0, 0.05) is 0 Å². The molecule has 4 aromatic carbocycles. The minimum absolute atomic E-state index is 0. The van der Waals surface area contributed by atoms with E-state index in [1.807, 2.05) is 30.7 Å². The summed E-state index contributed by atoms with van der Waals surface area (Å²) in [7, 11) is 0. The molecule has 0 amide bonds. The summed E-state index contributed by atoms with van der Waals surface area (Å²) in [4.78, 5) is 0. The molecule has 0 saturated heterocycles. The van der Waals surface area contributed by atoms with Crippen LogP contribution in [0.25, 0.3) is 22.3 Å². The van der Waals surface area contributed by atoms with Crippen molar-refractivity contribution in [3.8, 4) is 22.3 Å². The van der Waals surface area contributed by atoms with Crippen molar-refractivity contribution in [3.05, 3.63) is 166 Å². The van der Waals surface area contributed by atoms with E-state index in [1.54, 1.807) is 48.5 Å². The fourth-order valence-electron chi connectivity index (χ4n) is 15.1. The summed E-state index contributed by atoms with van der Waals surface area (Å²) < 4.78 is 3.84. The molecule has 4 heteroatoms. The van der Waals surface area contributed by atoms with Gasteiger partial charge in [-0.05, 0) is 56.8 Å². The van der Waals surface area contributed by atoms with Crippen LogP contribution in [0.2, 0.25) is 0 Å². The molecule has 8 aliphatic carbocycles. The van der Waals surface area contributed by atoms with E-state index in [4.69, 9.17) is 0 Å². The fraction of sp³-hybridized carbons (Fsp3) is 0.605. The van der Waals surface area contributed by atoms with Crippen LogP contribution < -0.4 is 24.8 Å². The smallest absolute Gasteiger partial charge is 0.109 e. The van der Waals surface area contributed by atoms with Gasteiger partial charge in [0.15, 0.2) is 0 Å². The Balaban J connectivity index is 0.000000206. The van der Waals surface area contributed by atoms with E-state index in [9.17, 15) is 0 Å². The van der Waals surface area contributed by atoms with Gasteiger partial charge in [-0.3, -0.25) is 12.2 Å². The fourth-order valence-corrected chi connectivity index (χ4v) is 17.4. The van der Waals surface area contributed by atoms with Crippen LogP contribution in [0.4, 0.5) is 0 Å². The Morgan fingerprint density at radius 3 is 0.878 bits per heavy atom. The van der Waals surface area contributed by atoms with Crippen LogP contribution in [0, 0.1) is 71.6 Å². The molecule has 4 unspecified atom stereocenters. The van der Waals surface area contributed by atoms with Crippen LogP contribution in [0.3, 0.4) is 0 Å². The molecule has 0 aliphatic heterocycles. The average molecular weight is 1410 g/mol. The maximum atomic E-state index is 3.67. The number of allylic oxidation sites excluding steroid dienone is 8. The van der Waals surface area contributed by atoms with Crippen molar-refractivity contribution in [2.45, 2.75) is 287 Å². The van der Waals surface area contributed by atoms with Gasteiger partial charge in [-0.1, -0.05) is 131 Å². The van der Waals surface area contributed by atoms with Gasteiger partial charge in [-0.2, -0.15) is 59.7 Å². The number of halogens is 2. The van der Waals surface area contributed by atoms with Gasteiger partial charge in [0.25, 0.3) is 0 Å². The predicted molar refractivity (Wildman–Crippen MR) is 378 cm³/mol. The molecule has 0 radical (unpaired) electrons. The van der Waals surface area contributed by atoms with E-state index in [1.165, 1.54) is 195 Å². The van der Waals surface area contributed by atoms with Crippen molar-refractivity contribution in [2.75, 3.05) is 0 Å². The molecule has 0 bridgehead atoms. The van der Waals surface area contributed by atoms with Gasteiger partial charge in [0.1, 0.15) is 0 Å². The van der Waals surface area contributed by atoms with Crippen LogP contribution in [-0.2, 0) is 83.0 Å². The summed E-state index contributed by atoms with van der Waals surface area (Å²) in [6, 6.07) is 30.3. The molecule has 0 aromatic heterocycles. The first-order chi connectivity index (χ1) is 41.7. The average Bonchev–Trinajstić information content (AvgIpc) is 1.76. The number of hydrogen-bond donors (Lipinski definition) is 0. The molecule has 4 saturated carbocycles. The van der Waals surface area contributed by atoms with Gasteiger partial charge in [0.05, 0.1) is 0 Å². The van der Waals surface area contributed by atoms with E-state index in [2.05, 4.69) is 208 Å². The number of fused-ring (bicyclic) bond motifs is 6. The molecule has 8 aliphatic rings. The van der Waals surface area contributed by atoms with Crippen molar-refractivity contribution in [2.24, 2.45) is 47.3 Å². The Morgan fingerprint density at radius 2 is 0.656 bits per heavy atom. The first kappa shape index (κ1) is 78.6. The maximum absolute atomic E-state index is 3.67. The Morgan fingerprint density at radius 1 is 0.378 bits per heavy atom. The third kappa shape index (κ3) is 23.1. The summed E-state index contributed by atoms with van der Waals surface area (Å²) in [5.41, 5.74) is 17.4. The molecule has 90 heavy (non-hydrogen) atoms. The maximum Gasteiger partial charge on any atom is -0.109 e. The second-order valence-electron chi connectivity index (χ2n) is 32.3. The molecule has 4 atom stereocenters. The summed E-state index contributed by atoms with van der Waals surface area (Å²) in [6.45, 7) is 37.4. The molecule has 0 spiro atoms. The topological polar surface area (TPSA) is 0 Å². The van der Waals surface area contributed by atoms with Crippen LogP contribution in [0.5, 0.6) is 0 Å². The summed E-state index contributed by atoms with van der Waals surface area (Å²) in [6.07, 6.45) is 52.1. The molecule has 488 valence electrons. The summed E-state index contributed by atoms with van der Waals surface area (Å²) in [5, 5.41) is 0. The predicted octanol–water partition coefficient (Wildman–Crippen LogP) is 18.2. The largest absolute Gasteiger partial charge is 1.00 e. The third-order valence-corrected chi connectivity index (χ3v) is 26.0. The molecular formula is C86H120Cl2Zr2-2. The van der Waals surface area contributed by atoms with E-state index in [0.717, 1.165) is 73.0 Å². The standard InChI is InChI=1S/2C21H25.2C17H30.2C5H5.2ClH.2Zr/c2*1-20(2,3)16-7-9-18-14(12-16)11-15-13-17(21(4,5)6)8-10-19(15)18;2*1-14(16-9-5-3-6-10-16)13-15(2)17-11-7-4-8-12-17;2*1-2-4-5-3-1;;;;/h2*7-10,12H,11H2,1-6H3;2*14-17H,3-12H2,1-2H3;2*1-3H,4H2;2*1H;;/q2*-1;;;2*-1;;;2*+2/p-2. The Bertz CT molecular complexity index is 2580. The molecular weight excluding hydrogens is 1290 g/mol. The number of hydrogen-bond acceptors (Lipinski definition) is 0. The quantitative estimate of drug-likeness (QED) is 0.133. The van der Waals surface area contributed by atoms with Gasteiger partial charge < -0.3 is 24.8 Å². The molecule has 12 rings (SSSR count). The minimum Gasteiger partial charge on any atom is -1.00 e. The summed E-state index contributed by atoms with van der Waals surface area (Å²) in [5.74, 6) is 7.78. The zero-order valence-corrected chi connectivity index (χ0v) is 66.0. The van der Waals surface area contributed by atoms with Crippen LogP contribution >= 0.6 is 0 Å². The van der Waals surface area contributed by atoms with Crippen LogP contribution in [0.15, 0.2) is 97.1 Å².